The van der Waals surface area contributed by atoms with E-state index >= 15 is 0 Å². The number of rotatable bonds is 8. The molecule has 0 spiro atoms. The van der Waals surface area contributed by atoms with E-state index in [1.165, 1.54) is 25.7 Å². The van der Waals surface area contributed by atoms with Crippen molar-refractivity contribution in [3.8, 4) is 0 Å². The lowest BCUT2D eigenvalue weighted by atomic mass is 10.3. The van der Waals surface area contributed by atoms with Crippen molar-refractivity contribution in [2.45, 2.75) is 65.1 Å². The highest BCUT2D eigenvalue weighted by Crippen LogP contribution is 2.22. The van der Waals surface area contributed by atoms with Gasteiger partial charge in [-0.25, -0.2) is 0 Å². The van der Waals surface area contributed by atoms with Gasteiger partial charge in [0.2, 0.25) is 0 Å². The number of aromatic nitrogens is 2. The highest BCUT2D eigenvalue weighted by Gasteiger charge is 2.15. The summed E-state index contributed by atoms with van der Waals surface area (Å²) in [7, 11) is 0. The van der Waals surface area contributed by atoms with Crippen LogP contribution in [-0.2, 0) is 24.2 Å². The third-order valence-electron chi connectivity index (χ3n) is 3.92. The highest BCUT2D eigenvalue weighted by atomic mass is 35.5. The van der Waals surface area contributed by atoms with Crippen LogP contribution in [0.15, 0.2) is 0 Å². The molecule has 1 aromatic rings. The van der Waals surface area contributed by atoms with Gasteiger partial charge in [-0.2, -0.15) is 5.10 Å². The molecule has 1 heterocycles. The first-order chi connectivity index (χ1) is 9.76. The first-order valence-electron chi connectivity index (χ1n) is 7.82. The molecule has 20 heavy (non-hydrogen) atoms. The van der Waals surface area contributed by atoms with Crippen LogP contribution in [0.2, 0.25) is 5.02 Å². The van der Waals surface area contributed by atoms with Gasteiger partial charge in [-0.1, -0.05) is 31.4 Å². The van der Waals surface area contributed by atoms with E-state index in [1.807, 2.05) is 4.68 Å². The van der Waals surface area contributed by atoms with Crippen molar-refractivity contribution in [3.63, 3.8) is 0 Å². The molecule has 0 aromatic carbocycles. The minimum absolute atomic E-state index is 0.494. The third-order valence-corrected chi connectivity index (χ3v) is 4.36. The Bertz CT molecular complexity index is 413. The molecular formula is C15H26ClN3O. The zero-order valence-corrected chi connectivity index (χ0v) is 13.4. The van der Waals surface area contributed by atoms with Crippen molar-refractivity contribution in [2.75, 3.05) is 13.2 Å². The van der Waals surface area contributed by atoms with Crippen molar-refractivity contribution >= 4 is 11.6 Å². The Balaban J connectivity index is 1.74. The number of ether oxygens (including phenoxy) is 1. The second kappa shape index (κ2) is 8.01. The Morgan fingerprint density at radius 2 is 2.10 bits per heavy atom. The molecule has 1 fully saturated rings. The highest BCUT2D eigenvalue weighted by molar-refractivity contribution is 6.31. The van der Waals surface area contributed by atoms with Crippen LogP contribution < -0.4 is 5.32 Å². The SMILES string of the molecule is CCc1nn(CC)c(CNCCOC2CCCC2)c1Cl. The molecule has 0 unspecified atom stereocenters. The maximum Gasteiger partial charge on any atom is 0.0863 e. The maximum absolute atomic E-state index is 6.37. The van der Waals surface area contributed by atoms with Crippen LogP contribution in [0.5, 0.6) is 0 Å². The fourth-order valence-electron chi connectivity index (χ4n) is 2.75. The number of hydrogen-bond donors (Lipinski definition) is 1. The topological polar surface area (TPSA) is 39.1 Å². The third kappa shape index (κ3) is 3.96. The Labute approximate surface area is 126 Å². The van der Waals surface area contributed by atoms with Crippen LogP contribution in [0.3, 0.4) is 0 Å². The van der Waals surface area contributed by atoms with E-state index in [2.05, 4.69) is 24.3 Å². The van der Waals surface area contributed by atoms with Gasteiger partial charge in [0.25, 0.3) is 0 Å². The second-order valence-corrected chi connectivity index (χ2v) is 5.71. The summed E-state index contributed by atoms with van der Waals surface area (Å²) in [5, 5.41) is 8.75. The molecule has 1 saturated carbocycles. The summed E-state index contributed by atoms with van der Waals surface area (Å²) < 4.78 is 7.83. The molecule has 0 bridgehead atoms. The number of nitrogens with zero attached hydrogens (tertiary/aromatic N) is 2. The molecule has 0 amide bonds. The van der Waals surface area contributed by atoms with E-state index < -0.39 is 0 Å². The minimum Gasteiger partial charge on any atom is -0.377 e. The van der Waals surface area contributed by atoms with Crippen molar-refractivity contribution in [3.05, 3.63) is 16.4 Å². The number of aryl methyl sites for hydroxylation is 2. The average molecular weight is 300 g/mol. The van der Waals surface area contributed by atoms with Gasteiger partial charge in [-0.05, 0) is 26.2 Å². The quantitative estimate of drug-likeness (QED) is 0.750. The average Bonchev–Trinajstić information content (AvgIpc) is 3.07. The van der Waals surface area contributed by atoms with Crippen molar-refractivity contribution < 1.29 is 4.74 Å². The van der Waals surface area contributed by atoms with Crippen molar-refractivity contribution in [1.29, 1.82) is 0 Å². The molecular weight excluding hydrogens is 274 g/mol. The fourth-order valence-corrected chi connectivity index (χ4v) is 3.08. The summed E-state index contributed by atoms with van der Waals surface area (Å²) in [5.41, 5.74) is 2.08. The van der Waals surface area contributed by atoms with Crippen LogP contribution in [0.25, 0.3) is 0 Å². The molecule has 114 valence electrons. The molecule has 0 saturated heterocycles. The molecule has 0 atom stereocenters. The minimum atomic E-state index is 0.494. The van der Waals surface area contributed by atoms with Gasteiger partial charge in [-0.15, -0.1) is 0 Å². The summed E-state index contributed by atoms with van der Waals surface area (Å²) in [6.45, 7) is 7.44. The smallest absolute Gasteiger partial charge is 0.0863 e. The van der Waals surface area contributed by atoms with Gasteiger partial charge in [-0.3, -0.25) is 4.68 Å². The van der Waals surface area contributed by atoms with Gasteiger partial charge in [0.05, 0.1) is 29.1 Å². The number of halogens is 1. The Morgan fingerprint density at radius 3 is 2.75 bits per heavy atom. The van der Waals surface area contributed by atoms with Crippen LogP contribution in [0.1, 0.15) is 50.9 Å². The van der Waals surface area contributed by atoms with Crippen molar-refractivity contribution in [1.82, 2.24) is 15.1 Å². The maximum atomic E-state index is 6.37. The zero-order chi connectivity index (χ0) is 14.4. The normalized spacial score (nSPS) is 16.1. The molecule has 1 aliphatic rings. The zero-order valence-electron chi connectivity index (χ0n) is 12.6. The lowest BCUT2D eigenvalue weighted by molar-refractivity contribution is 0.0602. The van der Waals surface area contributed by atoms with Crippen LogP contribution in [-0.4, -0.2) is 29.0 Å². The monoisotopic (exact) mass is 299 g/mol. The van der Waals surface area contributed by atoms with E-state index in [-0.39, 0.29) is 0 Å². The Morgan fingerprint density at radius 1 is 1.35 bits per heavy atom. The molecule has 5 heteroatoms. The van der Waals surface area contributed by atoms with Gasteiger partial charge in [0.1, 0.15) is 0 Å². The lowest BCUT2D eigenvalue weighted by Gasteiger charge is -2.12. The van der Waals surface area contributed by atoms with Gasteiger partial charge in [0.15, 0.2) is 0 Å². The molecule has 4 nitrogen and oxygen atoms in total. The van der Waals surface area contributed by atoms with Crippen LogP contribution in [0, 0.1) is 0 Å². The largest absolute Gasteiger partial charge is 0.377 e. The van der Waals surface area contributed by atoms with Gasteiger partial charge >= 0.3 is 0 Å². The molecule has 1 aliphatic carbocycles. The standard InChI is InChI=1S/C15H26ClN3O/c1-3-13-15(16)14(19(4-2)18-13)11-17-9-10-20-12-7-5-6-8-12/h12,17H,3-11H2,1-2H3. The van der Waals surface area contributed by atoms with E-state index in [0.717, 1.165) is 49.1 Å². The molecule has 2 rings (SSSR count). The van der Waals surface area contributed by atoms with Gasteiger partial charge in [0, 0.05) is 19.6 Å². The molecule has 0 radical (unpaired) electrons. The number of nitrogens with one attached hydrogen (secondary N) is 1. The summed E-state index contributed by atoms with van der Waals surface area (Å²) in [5.74, 6) is 0. The number of hydrogen-bond acceptors (Lipinski definition) is 3. The van der Waals surface area contributed by atoms with E-state index in [1.54, 1.807) is 0 Å². The summed E-state index contributed by atoms with van der Waals surface area (Å²) in [6, 6.07) is 0. The van der Waals surface area contributed by atoms with Crippen LogP contribution >= 0.6 is 11.6 Å². The van der Waals surface area contributed by atoms with Crippen LogP contribution in [0.4, 0.5) is 0 Å². The summed E-state index contributed by atoms with van der Waals surface area (Å²) in [6.07, 6.45) is 6.48. The summed E-state index contributed by atoms with van der Waals surface area (Å²) in [4.78, 5) is 0. The van der Waals surface area contributed by atoms with E-state index in [4.69, 9.17) is 16.3 Å². The fraction of sp³-hybridized carbons (Fsp3) is 0.800. The first-order valence-corrected chi connectivity index (χ1v) is 8.20. The van der Waals surface area contributed by atoms with E-state index in [0.29, 0.717) is 6.10 Å². The first kappa shape index (κ1) is 15.8. The molecule has 1 N–H and O–H groups in total. The predicted molar refractivity (Wildman–Crippen MR) is 82.2 cm³/mol. The predicted octanol–water partition coefficient (Wildman–Crippen LogP) is 3.17. The second-order valence-electron chi connectivity index (χ2n) is 5.33. The van der Waals surface area contributed by atoms with Crippen molar-refractivity contribution in [2.24, 2.45) is 0 Å². The Kier molecular flexibility index (Phi) is 6.33. The molecule has 0 aliphatic heterocycles. The van der Waals surface area contributed by atoms with E-state index in [9.17, 15) is 0 Å². The lowest BCUT2D eigenvalue weighted by Crippen LogP contribution is -2.23. The Hall–Kier alpha value is -0.580. The van der Waals surface area contributed by atoms with Gasteiger partial charge < -0.3 is 10.1 Å². The summed E-state index contributed by atoms with van der Waals surface area (Å²) >= 11 is 6.37. The molecule has 1 aromatic heterocycles.